The number of hydrogen-bond donors (Lipinski definition) is 1. The number of nitrogens with two attached hydrogens (primary N) is 1. The zero-order valence-electron chi connectivity index (χ0n) is 13.9. The monoisotopic (exact) mass is 408 g/mol. The van der Waals surface area contributed by atoms with E-state index < -0.39 is 0 Å². The molecule has 1 saturated heterocycles. The third-order valence-electron chi connectivity index (χ3n) is 4.71. The van der Waals surface area contributed by atoms with E-state index in [-0.39, 0.29) is 11.6 Å². The first-order chi connectivity index (χ1) is 11.4. The summed E-state index contributed by atoms with van der Waals surface area (Å²) in [5.74, 6) is 7.04. The Bertz CT molecular complexity index is 721. The van der Waals surface area contributed by atoms with Crippen molar-refractivity contribution >= 4 is 27.5 Å². The maximum absolute atomic E-state index is 6.37. The summed E-state index contributed by atoms with van der Waals surface area (Å²) in [6.07, 6.45) is 2.07. The van der Waals surface area contributed by atoms with Gasteiger partial charge >= 0.3 is 0 Å². The standard InChI is InChI=1S/C19H22BrClN2O/c1-19(2)9-8-17(23(19)22)14-10-18(16(21)11-15(14)20)24-12-13-6-4-3-5-7-13/h3-7,10-11,17H,8-9,12,22H2,1-2H3/t17-/m0/s1. The Labute approximate surface area is 156 Å². The molecule has 0 aromatic heterocycles. The van der Waals surface area contributed by atoms with Gasteiger partial charge in [-0.05, 0) is 49.9 Å². The van der Waals surface area contributed by atoms with Crippen molar-refractivity contribution in [3.63, 3.8) is 0 Å². The molecule has 2 N–H and O–H groups in total. The minimum Gasteiger partial charge on any atom is -0.487 e. The molecular formula is C19H22BrClN2O. The maximum atomic E-state index is 6.37. The van der Waals surface area contributed by atoms with Crippen LogP contribution in [-0.2, 0) is 6.61 Å². The lowest BCUT2D eigenvalue weighted by Crippen LogP contribution is -2.44. The van der Waals surface area contributed by atoms with Crippen LogP contribution < -0.4 is 10.6 Å². The quantitative estimate of drug-likeness (QED) is 0.680. The summed E-state index contributed by atoms with van der Waals surface area (Å²) in [4.78, 5) is 0. The van der Waals surface area contributed by atoms with Crippen molar-refractivity contribution in [2.75, 3.05) is 0 Å². The van der Waals surface area contributed by atoms with Crippen molar-refractivity contribution in [2.45, 2.75) is 44.9 Å². The van der Waals surface area contributed by atoms with Crippen LogP contribution in [0.4, 0.5) is 0 Å². The predicted octanol–water partition coefficient (Wildman–Crippen LogP) is 5.47. The molecule has 1 heterocycles. The van der Waals surface area contributed by atoms with Gasteiger partial charge in [0, 0.05) is 10.0 Å². The second-order valence-corrected chi connectivity index (χ2v) is 8.11. The average molecular weight is 410 g/mol. The normalized spacial score (nSPS) is 20.3. The predicted molar refractivity (Wildman–Crippen MR) is 102 cm³/mol. The highest BCUT2D eigenvalue weighted by Gasteiger charge is 2.39. The first kappa shape index (κ1) is 17.7. The van der Waals surface area contributed by atoms with Crippen LogP contribution in [0.2, 0.25) is 5.02 Å². The van der Waals surface area contributed by atoms with E-state index in [0.29, 0.717) is 17.4 Å². The molecule has 128 valence electrons. The number of benzene rings is 2. The van der Waals surface area contributed by atoms with Gasteiger partial charge in [-0.25, -0.2) is 5.01 Å². The Balaban J connectivity index is 1.84. The molecule has 1 aliphatic rings. The van der Waals surface area contributed by atoms with Crippen molar-refractivity contribution in [3.8, 4) is 5.75 Å². The maximum Gasteiger partial charge on any atom is 0.138 e. The molecule has 0 saturated carbocycles. The molecule has 3 rings (SSSR count). The number of halogens is 2. The zero-order valence-corrected chi connectivity index (χ0v) is 16.3. The Morgan fingerprint density at radius 2 is 2.00 bits per heavy atom. The van der Waals surface area contributed by atoms with Crippen LogP contribution >= 0.6 is 27.5 Å². The van der Waals surface area contributed by atoms with E-state index in [1.165, 1.54) is 0 Å². The lowest BCUT2D eigenvalue weighted by atomic mass is 10.0. The topological polar surface area (TPSA) is 38.5 Å². The van der Waals surface area contributed by atoms with Crippen LogP contribution in [0.5, 0.6) is 5.75 Å². The third kappa shape index (κ3) is 3.62. The molecule has 0 radical (unpaired) electrons. The van der Waals surface area contributed by atoms with Gasteiger partial charge in [0.2, 0.25) is 0 Å². The van der Waals surface area contributed by atoms with E-state index in [4.69, 9.17) is 22.2 Å². The molecule has 3 nitrogen and oxygen atoms in total. The molecule has 24 heavy (non-hydrogen) atoms. The fourth-order valence-corrected chi connectivity index (χ4v) is 4.09. The van der Waals surface area contributed by atoms with Gasteiger partial charge in [-0.15, -0.1) is 0 Å². The van der Waals surface area contributed by atoms with E-state index in [2.05, 4.69) is 29.8 Å². The molecule has 1 atom stereocenters. The molecule has 0 amide bonds. The lowest BCUT2D eigenvalue weighted by molar-refractivity contribution is 0.130. The highest BCUT2D eigenvalue weighted by molar-refractivity contribution is 9.10. The van der Waals surface area contributed by atoms with Crippen LogP contribution in [-0.4, -0.2) is 10.5 Å². The average Bonchev–Trinajstić information content (AvgIpc) is 2.82. The Morgan fingerprint density at radius 1 is 1.29 bits per heavy atom. The van der Waals surface area contributed by atoms with Crippen molar-refractivity contribution in [2.24, 2.45) is 5.84 Å². The molecule has 0 spiro atoms. The van der Waals surface area contributed by atoms with Gasteiger partial charge in [0.1, 0.15) is 12.4 Å². The molecule has 0 bridgehead atoms. The summed E-state index contributed by atoms with van der Waals surface area (Å²) in [6.45, 7) is 4.83. The molecule has 2 aromatic carbocycles. The smallest absolute Gasteiger partial charge is 0.138 e. The third-order valence-corrected chi connectivity index (χ3v) is 5.69. The highest BCUT2D eigenvalue weighted by Crippen LogP contribution is 2.44. The molecule has 5 heteroatoms. The van der Waals surface area contributed by atoms with E-state index in [1.54, 1.807) is 0 Å². The number of rotatable bonds is 4. The fourth-order valence-electron chi connectivity index (χ4n) is 3.13. The second kappa shape index (κ2) is 7.04. The first-order valence-electron chi connectivity index (χ1n) is 8.08. The Morgan fingerprint density at radius 3 is 2.62 bits per heavy atom. The first-order valence-corrected chi connectivity index (χ1v) is 9.25. The van der Waals surface area contributed by atoms with Crippen LogP contribution in [0.25, 0.3) is 0 Å². The van der Waals surface area contributed by atoms with Gasteiger partial charge in [-0.2, -0.15) is 0 Å². The van der Waals surface area contributed by atoms with Crippen LogP contribution in [0, 0.1) is 0 Å². The molecule has 0 aliphatic carbocycles. The van der Waals surface area contributed by atoms with Crippen molar-refractivity contribution in [1.29, 1.82) is 0 Å². The largest absolute Gasteiger partial charge is 0.487 e. The summed E-state index contributed by atoms with van der Waals surface area (Å²) in [7, 11) is 0. The van der Waals surface area contributed by atoms with Crippen molar-refractivity contribution < 1.29 is 4.74 Å². The summed E-state index contributed by atoms with van der Waals surface area (Å²) in [6, 6.07) is 14.1. The van der Waals surface area contributed by atoms with Crippen LogP contribution in [0.3, 0.4) is 0 Å². The van der Waals surface area contributed by atoms with Gasteiger partial charge in [0.15, 0.2) is 0 Å². The Hall–Kier alpha value is -1.07. The number of nitrogens with zero attached hydrogens (tertiary/aromatic N) is 1. The SMILES string of the molecule is CC1(C)CC[C@@H](c2cc(OCc3ccccc3)c(Cl)cc2Br)N1N. The van der Waals surface area contributed by atoms with Gasteiger partial charge in [-0.1, -0.05) is 57.9 Å². The molecule has 0 unspecified atom stereocenters. The fraction of sp³-hybridized carbons (Fsp3) is 0.368. The van der Waals surface area contributed by atoms with E-state index in [0.717, 1.165) is 28.4 Å². The van der Waals surface area contributed by atoms with E-state index >= 15 is 0 Å². The van der Waals surface area contributed by atoms with Crippen molar-refractivity contribution in [1.82, 2.24) is 5.01 Å². The summed E-state index contributed by atoms with van der Waals surface area (Å²) in [5, 5.41) is 2.55. The summed E-state index contributed by atoms with van der Waals surface area (Å²) in [5.41, 5.74) is 2.23. The van der Waals surface area contributed by atoms with Crippen molar-refractivity contribution in [3.05, 3.63) is 63.1 Å². The highest BCUT2D eigenvalue weighted by atomic mass is 79.9. The number of hydrazine groups is 1. The minimum atomic E-state index is -0.00516. The Kier molecular flexibility index (Phi) is 5.21. The molecule has 2 aromatic rings. The summed E-state index contributed by atoms with van der Waals surface area (Å²) >= 11 is 10.00. The van der Waals surface area contributed by atoms with Crippen LogP contribution in [0.1, 0.15) is 43.9 Å². The molecule has 1 fully saturated rings. The van der Waals surface area contributed by atoms with Gasteiger partial charge in [-0.3, -0.25) is 5.84 Å². The van der Waals surface area contributed by atoms with Crippen LogP contribution in [0.15, 0.2) is 46.9 Å². The number of ether oxygens (including phenoxy) is 1. The lowest BCUT2D eigenvalue weighted by Gasteiger charge is -2.32. The van der Waals surface area contributed by atoms with Gasteiger partial charge < -0.3 is 4.74 Å². The van der Waals surface area contributed by atoms with Gasteiger partial charge in [0.05, 0.1) is 11.1 Å². The van der Waals surface area contributed by atoms with E-state index in [9.17, 15) is 0 Å². The summed E-state index contributed by atoms with van der Waals surface area (Å²) < 4.78 is 6.92. The van der Waals surface area contributed by atoms with E-state index in [1.807, 2.05) is 47.5 Å². The minimum absolute atomic E-state index is 0.00516. The molecular weight excluding hydrogens is 388 g/mol. The number of hydrogen-bond acceptors (Lipinski definition) is 3. The van der Waals surface area contributed by atoms with Gasteiger partial charge in [0.25, 0.3) is 0 Å². The second-order valence-electron chi connectivity index (χ2n) is 6.85. The zero-order chi connectivity index (χ0) is 17.3. The molecule has 1 aliphatic heterocycles.